The first-order valence-corrected chi connectivity index (χ1v) is 9.16. The normalized spacial score (nSPS) is 11.0. The number of benzene rings is 2. The number of carbonyl (C=O) groups is 1. The molecular formula is C19H14BrFN2OS. The lowest BCUT2D eigenvalue weighted by Crippen LogP contribution is -2.23. The Morgan fingerprint density at radius 1 is 1.24 bits per heavy atom. The molecule has 1 aromatic heterocycles. The quantitative estimate of drug-likeness (QED) is 0.508. The van der Waals surface area contributed by atoms with Crippen molar-refractivity contribution in [3.05, 3.63) is 81.5 Å². The highest BCUT2D eigenvalue weighted by Gasteiger charge is 2.18. The third-order valence-corrected chi connectivity index (χ3v) is 4.83. The second kappa shape index (κ2) is 7.72. The fourth-order valence-corrected chi connectivity index (χ4v) is 3.44. The molecule has 0 saturated carbocycles. The minimum atomic E-state index is -0.386. The number of nitrogens with zero attached hydrogens (tertiary/aromatic N) is 2. The average Bonchev–Trinajstić information content (AvgIpc) is 3.03. The molecule has 0 saturated heterocycles. The van der Waals surface area contributed by atoms with Gasteiger partial charge in [-0.05, 0) is 43.3 Å². The van der Waals surface area contributed by atoms with Crippen LogP contribution in [0.5, 0.6) is 0 Å². The number of aryl methyl sites for hydroxylation is 1. The van der Waals surface area contributed by atoms with Crippen molar-refractivity contribution in [2.24, 2.45) is 0 Å². The summed E-state index contributed by atoms with van der Waals surface area (Å²) >= 11 is 4.69. The summed E-state index contributed by atoms with van der Waals surface area (Å²) in [4.78, 5) is 18.7. The summed E-state index contributed by atoms with van der Waals surface area (Å²) in [6.45, 7) is 1.88. The SMILES string of the molecule is Cc1csc(N(C(=O)/C=C/c2cc(Br)ccc2F)c2ccccc2)n1. The van der Waals surface area contributed by atoms with Crippen molar-refractivity contribution in [2.75, 3.05) is 4.90 Å². The minimum absolute atomic E-state index is 0.292. The van der Waals surface area contributed by atoms with Gasteiger partial charge in [-0.25, -0.2) is 9.37 Å². The summed E-state index contributed by atoms with van der Waals surface area (Å²) < 4.78 is 14.6. The summed E-state index contributed by atoms with van der Waals surface area (Å²) in [5, 5.41) is 2.46. The van der Waals surface area contributed by atoms with Crippen molar-refractivity contribution in [1.29, 1.82) is 0 Å². The highest BCUT2D eigenvalue weighted by atomic mass is 79.9. The van der Waals surface area contributed by atoms with E-state index in [1.165, 1.54) is 34.5 Å². The molecule has 1 heterocycles. The van der Waals surface area contributed by atoms with Gasteiger partial charge in [0.2, 0.25) is 0 Å². The van der Waals surface area contributed by atoms with E-state index >= 15 is 0 Å². The third-order valence-electron chi connectivity index (χ3n) is 3.40. The zero-order valence-corrected chi connectivity index (χ0v) is 15.7. The van der Waals surface area contributed by atoms with E-state index in [2.05, 4.69) is 20.9 Å². The Morgan fingerprint density at radius 2 is 2.00 bits per heavy atom. The van der Waals surface area contributed by atoms with E-state index in [1.807, 2.05) is 42.6 Å². The molecule has 6 heteroatoms. The van der Waals surface area contributed by atoms with Crippen LogP contribution in [-0.4, -0.2) is 10.9 Å². The molecule has 0 fully saturated rings. The van der Waals surface area contributed by atoms with Crippen LogP contribution in [0.2, 0.25) is 0 Å². The van der Waals surface area contributed by atoms with Crippen molar-refractivity contribution in [3.63, 3.8) is 0 Å². The van der Waals surface area contributed by atoms with Gasteiger partial charge in [-0.2, -0.15) is 0 Å². The van der Waals surface area contributed by atoms with E-state index in [0.717, 1.165) is 10.2 Å². The maximum atomic E-state index is 13.9. The van der Waals surface area contributed by atoms with E-state index in [9.17, 15) is 9.18 Å². The predicted octanol–water partition coefficient (Wildman–Crippen LogP) is 5.73. The van der Waals surface area contributed by atoms with Crippen LogP contribution in [0.15, 0.2) is 64.5 Å². The van der Waals surface area contributed by atoms with Crippen molar-refractivity contribution < 1.29 is 9.18 Å². The molecule has 0 N–H and O–H groups in total. The first-order chi connectivity index (χ1) is 12.0. The number of hydrogen-bond donors (Lipinski definition) is 0. The van der Waals surface area contributed by atoms with Crippen molar-refractivity contribution in [1.82, 2.24) is 4.98 Å². The summed E-state index contributed by atoms with van der Waals surface area (Å²) in [6.07, 6.45) is 2.83. The molecule has 0 bridgehead atoms. The maximum Gasteiger partial charge on any atom is 0.257 e. The lowest BCUT2D eigenvalue weighted by atomic mass is 10.2. The molecule has 0 radical (unpaired) electrons. The monoisotopic (exact) mass is 416 g/mol. The number of hydrogen-bond acceptors (Lipinski definition) is 3. The van der Waals surface area contributed by atoms with Crippen LogP contribution >= 0.6 is 27.3 Å². The number of halogens is 2. The molecule has 0 atom stereocenters. The standard InChI is InChI=1S/C19H14BrFN2OS/c1-13-12-25-19(22-13)23(16-5-3-2-4-6-16)18(24)10-7-14-11-15(20)8-9-17(14)21/h2-12H,1H3/b10-7+. The number of aromatic nitrogens is 1. The lowest BCUT2D eigenvalue weighted by molar-refractivity contribution is -0.113. The van der Waals surface area contributed by atoms with Crippen LogP contribution in [0.3, 0.4) is 0 Å². The van der Waals surface area contributed by atoms with E-state index in [0.29, 0.717) is 16.4 Å². The zero-order valence-electron chi connectivity index (χ0n) is 13.3. The predicted molar refractivity (Wildman–Crippen MR) is 104 cm³/mol. The van der Waals surface area contributed by atoms with Crippen molar-refractivity contribution >= 4 is 50.1 Å². The van der Waals surface area contributed by atoms with Gasteiger partial charge in [0.25, 0.3) is 5.91 Å². The number of amides is 1. The number of anilines is 2. The van der Waals surface area contributed by atoms with E-state index in [1.54, 1.807) is 12.1 Å². The topological polar surface area (TPSA) is 33.2 Å². The molecule has 0 aliphatic carbocycles. The molecule has 3 nitrogen and oxygen atoms in total. The van der Waals surface area contributed by atoms with Crippen LogP contribution in [0, 0.1) is 12.7 Å². The Bertz CT molecular complexity index is 924. The van der Waals surface area contributed by atoms with Crippen LogP contribution in [0.1, 0.15) is 11.3 Å². The average molecular weight is 417 g/mol. The van der Waals surface area contributed by atoms with Gasteiger partial charge < -0.3 is 0 Å². The first kappa shape index (κ1) is 17.5. The highest BCUT2D eigenvalue weighted by Crippen LogP contribution is 2.29. The number of para-hydroxylation sites is 1. The van der Waals surface area contributed by atoms with Crippen LogP contribution in [0.25, 0.3) is 6.08 Å². The number of carbonyl (C=O) groups excluding carboxylic acids is 1. The van der Waals surface area contributed by atoms with Crippen LogP contribution in [-0.2, 0) is 4.79 Å². The Hall–Kier alpha value is -2.31. The first-order valence-electron chi connectivity index (χ1n) is 7.49. The Labute approximate surface area is 157 Å². The van der Waals surface area contributed by atoms with E-state index < -0.39 is 0 Å². The molecule has 0 aliphatic heterocycles. The van der Waals surface area contributed by atoms with E-state index in [-0.39, 0.29) is 11.7 Å². The molecule has 0 aliphatic rings. The largest absolute Gasteiger partial charge is 0.269 e. The van der Waals surface area contributed by atoms with Gasteiger partial charge in [-0.15, -0.1) is 11.3 Å². The molecule has 25 heavy (non-hydrogen) atoms. The van der Waals surface area contributed by atoms with Crippen molar-refractivity contribution in [2.45, 2.75) is 6.92 Å². The molecule has 3 aromatic rings. The van der Waals surface area contributed by atoms with Gasteiger partial charge in [-0.3, -0.25) is 9.69 Å². The van der Waals surface area contributed by atoms with Gasteiger partial charge >= 0.3 is 0 Å². The van der Waals surface area contributed by atoms with Gasteiger partial charge in [-0.1, -0.05) is 34.1 Å². The van der Waals surface area contributed by atoms with Gasteiger partial charge in [0.15, 0.2) is 5.13 Å². The second-order valence-electron chi connectivity index (χ2n) is 5.28. The Morgan fingerprint density at radius 3 is 2.68 bits per heavy atom. The summed E-state index contributed by atoms with van der Waals surface area (Å²) in [5.74, 6) is -0.677. The molecule has 0 spiro atoms. The molecule has 3 rings (SSSR count). The van der Waals surface area contributed by atoms with Gasteiger partial charge in [0, 0.05) is 21.5 Å². The fourth-order valence-electron chi connectivity index (χ4n) is 2.23. The Kier molecular flexibility index (Phi) is 5.40. The molecule has 126 valence electrons. The Balaban J connectivity index is 1.95. The van der Waals surface area contributed by atoms with Crippen molar-refractivity contribution in [3.8, 4) is 0 Å². The molecule has 0 unspecified atom stereocenters. The van der Waals surface area contributed by atoms with E-state index in [4.69, 9.17) is 0 Å². The number of rotatable bonds is 4. The fraction of sp³-hybridized carbons (Fsp3) is 0.0526. The summed E-state index contributed by atoms with van der Waals surface area (Å²) in [6, 6.07) is 13.9. The number of thiazole rings is 1. The lowest BCUT2D eigenvalue weighted by Gasteiger charge is -2.18. The second-order valence-corrected chi connectivity index (χ2v) is 7.03. The highest BCUT2D eigenvalue weighted by molar-refractivity contribution is 9.10. The smallest absolute Gasteiger partial charge is 0.257 e. The van der Waals surface area contributed by atoms with Gasteiger partial charge in [0.1, 0.15) is 5.82 Å². The molecule has 2 aromatic carbocycles. The zero-order chi connectivity index (χ0) is 17.8. The van der Waals surface area contributed by atoms with Crippen LogP contribution in [0.4, 0.5) is 15.2 Å². The molecular weight excluding hydrogens is 403 g/mol. The maximum absolute atomic E-state index is 13.9. The summed E-state index contributed by atoms with van der Waals surface area (Å²) in [7, 11) is 0. The third kappa shape index (κ3) is 4.21. The minimum Gasteiger partial charge on any atom is -0.269 e. The van der Waals surface area contributed by atoms with Crippen LogP contribution < -0.4 is 4.90 Å². The molecule has 1 amide bonds. The van der Waals surface area contributed by atoms with Gasteiger partial charge in [0.05, 0.1) is 11.4 Å². The summed E-state index contributed by atoms with van der Waals surface area (Å²) in [5.41, 5.74) is 1.89.